The van der Waals surface area contributed by atoms with Crippen molar-refractivity contribution in [3.05, 3.63) is 0 Å². The third-order valence-electron chi connectivity index (χ3n) is 1.10. The Hall–Kier alpha value is -0.120. The summed E-state index contributed by atoms with van der Waals surface area (Å²) in [6, 6.07) is 0. The van der Waals surface area contributed by atoms with Gasteiger partial charge in [0.05, 0.1) is 0 Å². The summed E-state index contributed by atoms with van der Waals surface area (Å²) in [4.78, 5) is 0. The lowest BCUT2D eigenvalue weighted by molar-refractivity contribution is -0.219. The summed E-state index contributed by atoms with van der Waals surface area (Å²) in [6.45, 7) is 6.11. The topological polar surface area (TPSA) is 38.7 Å². The van der Waals surface area contributed by atoms with Gasteiger partial charge in [-0.05, 0) is 20.3 Å². The maximum Gasteiger partial charge on any atom is 0.157 e. The molecule has 0 aliphatic rings. The summed E-state index contributed by atoms with van der Waals surface area (Å²) in [6.07, 6.45) is -0.404. The standard InChI is InChI=1S/C7H16O3/c1-4-7(8)10-6(3)9-5-2/h6-8H,4-5H2,1-3H3. The molecule has 0 radical (unpaired) electrons. The fourth-order valence-electron chi connectivity index (χ4n) is 0.591. The zero-order valence-electron chi connectivity index (χ0n) is 6.83. The van der Waals surface area contributed by atoms with Crippen molar-refractivity contribution in [2.75, 3.05) is 6.61 Å². The van der Waals surface area contributed by atoms with E-state index in [1.807, 2.05) is 13.8 Å². The molecule has 0 aliphatic heterocycles. The van der Waals surface area contributed by atoms with Crippen LogP contribution in [0.25, 0.3) is 0 Å². The molecule has 0 saturated heterocycles. The molecule has 1 N–H and O–H groups in total. The van der Waals surface area contributed by atoms with Crippen molar-refractivity contribution in [3.8, 4) is 0 Å². The van der Waals surface area contributed by atoms with Crippen molar-refractivity contribution in [2.45, 2.75) is 39.8 Å². The second kappa shape index (κ2) is 5.65. The molecule has 3 heteroatoms. The van der Waals surface area contributed by atoms with Crippen LogP contribution in [0.2, 0.25) is 0 Å². The molecular formula is C7H16O3. The van der Waals surface area contributed by atoms with Gasteiger partial charge in [0.2, 0.25) is 0 Å². The summed E-state index contributed by atoms with van der Waals surface area (Å²) >= 11 is 0. The maximum absolute atomic E-state index is 8.95. The average Bonchev–Trinajstić information content (AvgIpc) is 1.88. The third-order valence-corrected chi connectivity index (χ3v) is 1.10. The molecule has 0 amide bonds. The Morgan fingerprint density at radius 2 is 2.00 bits per heavy atom. The fourth-order valence-corrected chi connectivity index (χ4v) is 0.591. The quantitative estimate of drug-likeness (QED) is 0.594. The van der Waals surface area contributed by atoms with Gasteiger partial charge in [0.1, 0.15) is 0 Å². The van der Waals surface area contributed by atoms with Gasteiger partial charge >= 0.3 is 0 Å². The van der Waals surface area contributed by atoms with E-state index in [0.29, 0.717) is 13.0 Å². The highest BCUT2D eigenvalue weighted by Crippen LogP contribution is 1.99. The first-order chi connectivity index (χ1) is 4.70. The predicted molar refractivity (Wildman–Crippen MR) is 38.5 cm³/mol. The lowest BCUT2D eigenvalue weighted by Crippen LogP contribution is -2.21. The predicted octanol–water partition coefficient (Wildman–Crippen LogP) is 1.11. The van der Waals surface area contributed by atoms with Gasteiger partial charge in [-0.3, -0.25) is 0 Å². The van der Waals surface area contributed by atoms with E-state index < -0.39 is 6.29 Å². The minimum absolute atomic E-state index is 0.306. The minimum Gasteiger partial charge on any atom is -0.368 e. The smallest absolute Gasteiger partial charge is 0.157 e. The molecule has 0 saturated carbocycles. The van der Waals surface area contributed by atoms with Crippen LogP contribution in [0.4, 0.5) is 0 Å². The summed E-state index contributed by atoms with van der Waals surface area (Å²) < 4.78 is 10.0. The van der Waals surface area contributed by atoms with Crippen molar-refractivity contribution in [2.24, 2.45) is 0 Å². The van der Waals surface area contributed by atoms with E-state index in [-0.39, 0.29) is 6.29 Å². The Balaban J connectivity index is 3.27. The molecule has 0 heterocycles. The maximum atomic E-state index is 8.95. The first-order valence-corrected chi connectivity index (χ1v) is 3.65. The van der Waals surface area contributed by atoms with Crippen molar-refractivity contribution >= 4 is 0 Å². The van der Waals surface area contributed by atoms with Gasteiger partial charge in [0, 0.05) is 6.61 Å². The van der Waals surface area contributed by atoms with Gasteiger partial charge in [-0.1, -0.05) is 6.92 Å². The Labute approximate surface area is 62.0 Å². The van der Waals surface area contributed by atoms with E-state index in [4.69, 9.17) is 14.6 Å². The molecule has 0 fully saturated rings. The molecule has 0 aromatic heterocycles. The average molecular weight is 148 g/mol. The van der Waals surface area contributed by atoms with Crippen LogP contribution in [-0.4, -0.2) is 24.3 Å². The lowest BCUT2D eigenvalue weighted by atomic mass is 10.5. The van der Waals surface area contributed by atoms with Gasteiger partial charge in [0.25, 0.3) is 0 Å². The Kier molecular flexibility index (Phi) is 5.58. The second-order valence-electron chi connectivity index (χ2n) is 2.02. The first-order valence-electron chi connectivity index (χ1n) is 3.65. The molecule has 0 spiro atoms. The van der Waals surface area contributed by atoms with E-state index in [0.717, 1.165) is 0 Å². The molecule has 0 bridgehead atoms. The number of aliphatic hydroxyl groups excluding tert-OH is 1. The van der Waals surface area contributed by atoms with Crippen LogP contribution < -0.4 is 0 Å². The Bertz CT molecular complexity index is 75.3. The minimum atomic E-state index is -0.693. The molecule has 3 nitrogen and oxygen atoms in total. The number of rotatable bonds is 5. The third kappa shape index (κ3) is 4.73. The van der Waals surface area contributed by atoms with Crippen molar-refractivity contribution in [1.29, 1.82) is 0 Å². The van der Waals surface area contributed by atoms with Crippen LogP contribution in [0.15, 0.2) is 0 Å². The van der Waals surface area contributed by atoms with E-state index in [9.17, 15) is 0 Å². The molecule has 0 aromatic carbocycles. The zero-order chi connectivity index (χ0) is 7.98. The summed E-state index contributed by atoms with van der Waals surface area (Å²) in [5.41, 5.74) is 0. The molecule has 0 aliphatic carbocycles. The van der Waals surface area contributed by atoms with E-state index in [2.05, 4.69) is 0 Å². The van der Waals surface area contributed by atoms with Crippen LogP contribution in [-0.2, 0) is 9.47 Å². The second-order valence-corrected chi connectivity index (χ2v) is 2.02. The van der Waals surface area contributed by atoms with Crippen LogP contribution >= 0.6 is 0 Å². The van der Waals surface area contributed by atoms with E-state index >= 15 is 0 Å². The highest BCUT2D eigenvalue weighted by Gasteiger charge is 2.06. The Morgan fingerprint density at radius 3 is 2.40 bits per heavy atom. The van der Waals surface area contributed by atoms with Crippen LogP contribution in [0, 0.1) is 0 Å². The van der Waals surface area contributed by atoms with Gasteiger partial charge in [-0.15, -0.1) is 0 Å². The SMILES string of the molecule is CCOC(C)OC(O)CC. The van der Waals surface area contributed by atoms with Crippen LogP contribution in [0.1, 0.15) is 27.2 Å². The Morgan fingerprint density at radius 1 is 1.40 bits per heavy atom. The number of hydrogen-bond acceptors (Lipinski definition) is 3. The van der Waals surface area contributed by atoms with Crippen molar-refractivity contribution in [1.82, 2.24) is 0 Å². The van der Waals surface area contributed by atoms with Crippen LogP contribution in [0.5, 0.6) is 0 Å². The van der Waals surface area contributed by atoms with Gasteiger partial charge in [-0.25, -0.2) is 0 Å². The monoisotopic (exact) mass is 148 g/mol. The van der Waals surface area contributed by atoms with Gasteiger partial charge in [0.15, 0.2) is 12.6 Å². The van der Waals surface area contributed by atoms with Crippen LogP contribution in [0.3, 0.4) is 0 Å². The summed E-state index contributed by atoms with van der Waals surface area (Å²) in [5.74, 6) is 0. The van der Waals surface area contributed by atoms with Gasteiger partial charge in [-0.2, -0.15) is 0 Å². The molecule has 0 rings (SSSR count). The number of hydrogen-bond donors (Lipinski definition) is 1. The fraction of sp³-hybridized carbons (Fsp3) is 1.00. The molecule has 2 unspecified atom stereocenters. The number of ether oxygens (including phenoxy) is 2. The molecule has 10 heavy (non-hydrogen) atoms. The first kappa shape index (κ1) is 9.88. The summed E-state index contributed by atoms with van der Waals surface area (Å²) in [7, 11) is 0. The molecular weight excluding hydrogens is 132 g/mol. The zero-order valence-corrected chi connectivity index (χ0v) is 6.83. The lowest BCUT2D eigenvalue weighted by Gasteiger charge is -2.16. The van der Waals surface area contributed by atoms with E-state index in [1.165, 1.54) is 0 Å². The molecule has 0 aromatic rings. The highest BCUT2D eigenvalue weighted by molar-refractivity contribution is 4.36. The van der Waals surface area contributed by atoms with E-state index in [1.54, 1.807) is 6.92 Å². The molecule has 2 atom stereocenters. The molecule has 62 valence electrons. The van der Waals surface area contributed by atoms with Crippen molar-refractivity contribution in [3.63, 3.8) is 0 Å². The summed E-state index contributed by atoms with van der Waals surface area (Å²) in [5, 5.41) is 8.95. The highest BCUT2D eigenvalue weighted by atomic mass is 16.7. The van der Waals surface area contributed by atoms with Crippen molar-refractivity contribution < 1.29 is 14.6 Å². The largest absolute Gasteiger partial charge is 0.368 e. The number of aliphatic hydroxyl groups is 1. The van der Waals surface area contributed by atoms with Gasteiger partial charge < -0.3 is 14.6 Å². The normalized spacial score (nSPS) is 16.8.